The lowest BCUT2D eigenvalue weighted by atomic mass is 9.85. The molecule has 16 heteroatoms. The van der Waals surface area contributed by atoms with Crippen LogP contribution in [0.3, 0.4) is 0 Å². The van der Waals surface area contributed by atoms with E-state index in [9.17, 15) is 19.2 Å². The SMILES string of the molecule is Cc1ccc(-c2nn(C3CCC(CN(C)C4CCN(c5cccc6c5n(C)c(=O)n6C5CCC(=O)NC5=O)CC4)CC3)cc2NC(=O)c2cnn3cccnc23)nc1. The third-order valence-electron chi connectivity index (χ3n) is 12.4. The fraction of sp³-hybridized carbons (Fsp3) is 0.429. The number of aromatic nitrogens is 8. The van der Waals surface area contributed by atoms with Crippen molar-refractivity contribution >= 4 is 45.8 Å². The number of amides is 3. The Kier molecular flexibility index (Phi) is 9.87. The van der Waals surface area contributed by atoms with Crippen molar-refractivity contribution in [3.8, 4) is 11.4 Å². The highest BCUT2D eigenvalue weighted by Gasteiger charge is 2.33. The van der Waals surface area contributed by atoms with Crippen LogP contribution in [-0.2, 0) is 16.6 Å². The van der Waals surface area contributed by atoms with Crippen LogP contribution in [0.15, 0.2) is 72.2 Å². The van der Waals surface area contributed by atoms with Gasteiger partial charge in [-0.1, -0.05) is 12.1 Å². The summed E-state index contributed by atoms with van der Waals surface area (Å²) in [5.41, 5.74) is 6.15. The molecule has 3 fully saturated rings. The van der Waals surface area contributed by atoms with E-state index in [4.69, 9.17) is 5.10 Å². The summed E-state index contributed by atoms with van der Waals surface area (Å²) in [7, 11) is 4.01. The first-order chi connectivity index (χ1) is 28.1. The molecule has 7 heterocycles. The molecule has 58 heavy (non-hydrogen) atoms. The Hall–Kier alpha value is -6.16. The average molecular weight is 785 g/mol. The Morgan fingerprint density at radius 3 is 2.53 bits per heavy atom. The van der Waals surface area contributed by atoms with Crippen molar-refractivity contribution in [2.45, 2.75) is 76.4 Å². The molecule has 1 unspecified atom stereocenters. The molecule has 2 saturated heterocycles. The number of imidazole rings is 1. The molecular weight excluding hydrogens is 737 g/mol. The molecule has 9 rings (SSSR count). The Balaban J connectivity index is 0.833. The number of para-hydroxylation sites is 1. The molecule has 2 N–H and O–H groups in total. The van der Waals surface area contributed by atoms with E-state index in [2.05, 4.69) is 48.6 Å². The largest absolute Gasteiger partial charge is 0.370 e. The molecule has 2 aliphatic heterocycles. The van der Waals surface area contributed by atoms with Crippen LogP contribution in [0, 0.1) is 12.8 Å². The minimum atomic E-state index is -0.704. The topological polar surface area (TPSA) is 170 Å². The quantitative estimate of drug-likeness (QED) is 0.199. The molecule has 1 aliphatic carbocycles. The monoisotopic (exact) mass is 784 g/mol. The van der Waals surface area contributed by atoms with Crippen LogP contribution in [0.1, 0.15) is 79.4 Å². The van der Waals surface area contributed by atoms with Crippen molar-refractivity contribution in [1.82, 2.24) is 48.7 Å². The average Bonchev–Trinajstić information content (AvgIpc) is 3.93. The number of aryl methyl sites for hydroxylation is 2. The van der Waals surface area contributed by atoms with E-state index in [-0.39, 0.29) is 30.0 Å². The van der Waals surface area contributed by atoms with Crippen LogP contribution in [0.4, 0.5) is 11.4 Å². The molecule has 16 nitrogen and oxygen atoms in total. The van der Waals surface area contributed by atoms with Crippen molar-refractivity contribution < 1.29 is 14.4 Å². The maximum absolute atomic E-state index is 13.5. The third kappa shape index (κ3) is 6.94. The molecule has 0 radical (unpaired) electrons. The van der Waals surface area contributed by atoms with Gasteiger partial charge in [0, 0.05) is 63.9 Å². The predicted octanol–water partition coefficient (Wildman–Crippen LogP) is 4.51. The number of pyridine rings is 1. The van der Waals surface area contributed by atoms with E-state index in [1.165, 1.54) is 6.20 Å². The molecule has 3 aliphatic rings. The van der Waals surface area contributed by atoms with Crippen LogP contribution in [0.2, 0.25) is 0 Å². The lowest BCUT2D eigenvalue weighted by Gasteiger charge is -2.40. The van der Waals surface area contributed by atoms with Gasteiger partial charge in [0.05, 0.1) is 40.3 Å². The molecule has 5 aromatic heterocycles. The number of imide groups is 1. The van der Waals surface area contributed by atoms with Crippen LogP contribution in [0.5, 0.6) is 0 Å². The Labute approximate surface area is 334 Å². The highest BCUT2D eigenvalue weighted by molar-refractivity contribution is 6.09. The van der Waals surface area contributed by atoms with E-state index >= 15 is 0 Å². The highest BCUT2D eigenvalue weighted by Crippen LogP contribution is 2.37. The Morgan fingerprint density at radius 1 is 0.966 bits per heavy atom. The number of carbonyl (C=O) groups excluding carboxylic acids is 3. The van der Waals surface area contributed by atoms with Crippen molar-refractivity contribution in [1.29, 1.82) is 0 Å². The number of nitrogens with zero attached hydrogens (tertiary/aromatic N) is 10. The van der Waals surface area contributed by atoms with Gasteiger partial charge in [-0.05, 0) is 94.7 Å². The minimum absolute atomic E-state index is 0.210. The summed E-state index contributed by atoms with van der Waals surface area (Å²) >= 11 is 0. The molecule has 0 bridgehead atoms. The van der Waals surface area contributed by atoms with Gasteiger partial charge in [-0.25, -0.2) is 14.3 Å². The Morgan fingerprint density at radius 2 is 1.78 bits per heavy atom. The first kappa shape index (κ1) is 37.4. The van der Waals surface area contributed by atoms with Crippen LogP contribution in [0.25, 0.3) is 28.1 Å². The molecule has 0 spiro atoms. The second-order valence-electron chi connectivity index (χ2n) is 16.1. The van der Waals surface area contributed by atoms with E-state index in [1.807, 2.05) is 48.3 Å². The fourth-order valence-electron chi connectivity index (χ4n) is 9.24. The van der Waals surface area contributed by atoms with Gasteiger partial charge in [0.15, 0.2) is 5.65 Å². The van der Waals surface area contributed by atoms with Gasteiger partial charge in [-0.3, -0.25) is 38.5 Å². The zero-order chi connectivity index (χ0) is 40.1. The summed E-state index contributed by atoms with van der Waals surface area (Å²) in [6.45, 7) is 4.75. The predicted molar refractivity (Wildman–Crippen MR) is 219 cm³/mol. The molecule has 300 valence electrons. The zero-order valence-corrected chi connectivity index (χ0v) is 33.0. The van der Waals surface area contributed by atoms with Crippen molar-refractivity contribution in [3.05, 3.63) is 89.0 Å². The number of rotatable bonds is 9. The molecule has 6 aromatic rings. The number of hydrogen-bond acceptors (Lipinski definition) is 10. The summed E-state index contributed by atoms with van der Waals surface area (Å²) in [5, 5.41) is 14.8. The van der Waals surface area contributed by atoms with Gasteiger partial charge in [0.25, 0.3) is 5.91 Å². The summed E-state index contributed by atoms with van der Waals surface area (Å²) in [6, 6.07) is 11.6. The Bertz CT molecular complexity index is 2570. The first-order valence-corrected chi connectivity index (χ1v) is 20.2. The number of piperidine rings is 2. The van der Waals surface area contributed by atoms with Gasteiger partial charge >= 0.3 is 5.69 Å². The van der Waals surface area contributed by atoms with Gasteiger partial charge in [0.2, 0.25) is 11.8 Å². The summed E-state index contributed by atoms with van der Waals surface area (Å²) in [4.78, 5) is 65.5. The maximum Gasteiger partial charge on any atom is 0.329 e. The maximum atomic E-state index is 13.5. The van der Waals surface area contributed by atoms with E-state index < -0.39 is 11.9 Å². The van der Waals surface area contributed by atoms with Crippen molar-refractivity contribution in [2.24, 2.45) is 13.0 Å². The smallest absolute Gasteiger partial charge is 0.329 e. The number of nitrogens with one attached hydrogen (secondary N) is 2. The van der Waals surface area contributed by atoms with Crippen LogP contribution >= 0.6 is 0 Å². The summed E-state index contributed by atoms with van der Waals surface area (Å²) < 4.78 is 6.80. The molecule has 1 saturated carbocycles. The fourth-order valence-corrected chi connectivity index (χ4v) is 9.24. The molecular formula is C42H48N12O4. The minimum Gasteiger partial charge on any atom is -0.370 e. The van der Waals surface area contributed by atoms with E-state index in [1.54, 1.807) is 39.2 Å². The lowest BCUT2D eigenvalue weighted by molar-refractivity contribution is -0.135. The number of benzene rings is 1. The summed E-state index contributed by atoms with van der Waals surface area (Å²) in [5.74, 6) is -0.446. The van der Waals surface area contributed by atoms with Gasteiger partial charge in [0.1, 0.15) is 17.3 Å². The van der Waals surface area contributed by atoms with Gasteiger partial charge in [-0.2, -0.15) is 10.2 Å². The van der Waals surface area contributed by atoms with Crippen molar-refractivity contribution in [3.63, 3.8) is 0 Å². The summed E-state index contributed by atoms with van der Waals surface area (Å²) in [6.07, 6.45) is 15.4. The number of anilines is 2. The van der Waals surface area contributed by atoms with Gasteiger partial charge < -0.3 is 15.1 Å². The molecule has 1 aromatic carbocycles. The van der Waals surface area contributed by atoms with Gasteiger partial charge in [-0.15, -0.1) is 0 Å². The lowest BCUT2D eigenvalue weighted by Crippen LogP contribution is -2.45. The number of fused-ring (bicyclic) bond motifs is 2. The number of hydrogen-bond donors (Lipinski definition) is 2. The van der Waals surface area contributed by atoms with E-state index in [0.717, 1.165) is 80.4 Å². The first-order valence-electron chi connectivity index (χ1n) is 20.2. The van der Waals surface area contributed by atoms with Crippen molar-refractivity contribution in [2.75, 3.05) is 36.9 Å². The van der Waals surface area contributed by atoms with Crippen LogP contribution < -0.4 is 21.2 Å². The highest BCUT2D eigenvalue weighted by atomic mass is 16.2. The number of carbonyl (C=O) groups is 3. The molecule has 1 atom stereocenters. The second-order valence-corrected chi connectivity index (χ2v) is 16.1. The third-order valence-corrected chi connectivity index (χ3v) is 12.4. The second kappa shape index (κ2) is 15.3. The normalized spacial score (nSPS) is 20.6. The molecule has 3 amide bonds. The zero-order valence-electron chi connectivity index (χ0n) is 33.0. The standard InChI is InChI=1S/C42H48N12O4/c1-26-8-13-31(44-22-26)37-32(46-40(56)30-23-45-52-19-5-18-43-39(30)52)25-53(48-37)29-11-9-27(10-12-29)24-49(2)28-16-20-51(21-17-28)33-6-4-7-34-38(33)50(3)42(58)54(34)35-14-15-36(55)47-41(35)57/h4-8,13,18-19,22-23,25,27-29,35H,9-12,14-17,20-21,24H2,1-3H3,(H,46,56)(H,47,55,57). The van der Waals surface area contributed by atoms with Crippen LogP contribution in [-0.4, -0.2) is 93.8 Å². The van der Waals surface area contributed by atoms with E-state index in [0.29, 0.717) is 46.7 Å².